The van der Waals surface area contributed by atoms with Crippen molar-refractivity contribution in [3.05, 3.63) is 46.0 Å². The van der Waals surface area contributed by atoms with Gasteiger partial charge in [-0.15, -0.1) is 0 Å². The lowest BCUT2D eigenvalue weighted by atomic mass is 9.90. The Kier molecular flexibility index (Phi) is 5.60. The van der Waals surface area contributed by atoms with Crippen molar-refractivity contribution < 1.29 is 32.9 Å². The van der Waals surface area contributed by atoms with Gasteiger partial charge in [-0.2, -0.15) is 13.2 Å². The molecule has 5 nitrogen and oxygen atoms in total. The van der Waals surface area contributed by atoms with Crippen LogP contribution in [0.25, 0.3) is 0 Å². The van der Waals surface area contributed by atoms with Gasteiger partial charge in [0.1, 0.15) is 24.9 Å². The average molecular weight is 386 g/mol. The number of nitrogens with one attached hydrogen (secondary N) is 1. The summed E-state index contributed by atoms with van der Waals surface area (Å²) in [6.07, 6.45) is -4.59. The first-order chi connectivity index (χ1) is 12.1. The van der Waals surface area contributed by atoms with Gasteiger partial charge in [0.25, 0.3) is 0 Å². The Morgan fingerprint density at radius 1 is 1.35 bits per heavy atom. The van der Waals surface area contributed by atoms with Gasteiger partial charge in [-0.05, 0) is 29.7 Å². The molecule has 2 aromatic rings. The van der Waals surface area contributed by atoms with Gasteiger partial charge in [0.15, 0.2) is 0 Å². The molecule has 0 aliphatic rings. The maximum atomic E-state index is 13.0. The van der Waals surface area contributed by atoms with E-state index in [-0.39, 0.29) is 34.0 Å². The summed E-state index contributed by atoms with van der Waals surface area (Å²) in [5, 5.41) is 21.2. The van der Waals surface area contributed by atoms with E-state index in [2.05, 4.69) is 5.32 Å². The number of carbonyl (C=O) groups is 1. The lowest BCUT2D eigenvalue weighted by molar-refractivity contribution is -0.137. The van der Waals surface area contributed by atoms with Crippen molar-refractivity contribution in [2.24, 2.45) is 0 Å². The van der Waals surface area contributed by atoms with Crippen molar-refractivity contribution in [3.63, 3.8) is 0 Å². The number of phenols is 1. The Bertz CT molecular complexity index is 858. The van der Waals surface area contributed by atoms with E-state index >= 15 is 0 Å². The third-order valence-electron chi connectivity index (χ3n) is 3.57. The van der Waals surface area contributed by atoms with Gasteiger partial charge in [0.05, 0.1) is 17.7 Å². The molecule has 0 aliphatic carbocycles. The average Bonchev–Trinajstić information content (AvgIpc) is 2.54. The summed E-state index contributed by atoms with van der Waals surface area (Å²) >= 11 is 5.85. The molecule has 0 saturated carbocycles. The Balaban J connectivity index is 2.36. The van der Waals surface area contributed by atoms with Crippen LogP contribution in [0.2, 0.25) is 5.02 Å². The summed E-state index contributed by atoms with van der Waals surface area (Å²) in [5.74, 6) is -1.96. The van der Waals surface area contributed by atoms with E-state index in [4.69, 9.17) is 29.3 Å². The topological polar surface area (TPSA) is 78.8 Å². The minimum Gasteiger partial charge on any atom is -0.508 e. The normalized spacial score (nSPS) is 11.3. The van der Waals surface area contributed by atoms with Crippen LogP contribution in [0.5, 0.6) is 11.5 Å². The van der Waals surface area contributed by atoms with Crippen LogP contribution in [0.4, 0.5) is 18.9 Å². The van der Waals surface area contributed by atoms with Crippen LogP contribution in [-0.4, -0.2) is 31.1 Å². The first-order valence-corrected chi connectivity index (χ1v) is 7.46. The van der Waals surface area contributed by atoms with Crippen molar-refractivity contribution in [1.82, 2.24) is 0 Å². The summed E-state index contributed by atoms with van der Waals surface area (Å²) in [7, 11) is 6.94. The van der Waals surface area contributed by atoms with E-state index in [9.17, 15) is 23.1 Å². The van der Waals surface area contributed by atoms with Gasteiger partial charge in [0.2, 0.25) is 0 Å². The first-order valence-electron chi connectivity index (χ1n) is 7.08. The van der Waals surface area contributed by atoms with Crippen molar-refractivity contribution >= 4 is 36.6 Å². The van der Waals surface area contributed by atoms with Crippen molar-refractivity contribution in [2.75, 3.05) is 12.4 Å². The third kappa shape index (κ3) is 3.99. The number of benzene rings is 2. The number of carboxylic acid groups (broad SMARTS) is 1. The number of halogens is 4. The number of anilines is 1. The molecule has 0 fully saturated rings. The van der Waals surface area contributed by atoms with E-state index in [1.54, 1.807) is 0 Å². The second kappa shape index (κ2) is 7.37. The highest BCUT2D eigenvalue weighted by molar-refractivity contribution is 6.38. The Hall–Kier alpha value is -2.55. The molecule has 0 amide bonds. The predicted octanol–water partition coefficient (Wildman–Crippen LogP) is 3.18. The zero-order valence-electron chi connectivity index (χ0n) is 13.3. The Morgan fingerprint density at radius 3 is 2.54 bits per heavy atom. The fourth-order valence-corrected chi connectivity index (χ4v) is 2.62. The summed E-state index contributed by atoms with van der Waals surface area (Å²) in [6, 6.07) is 4.04. The van der Waals surface area contributed by atoms with Crippen LogP contribution in [0.15, 0.2) is 24.3 Å². The van der Waals surface area contributed by atoms with Gasteiger partial charge in [-0.1, -0.05) is 11.6 Å². The minimum atomic E-state index is -4.59. The maximum Gasteiger partial charge on any atom is 0.416 e. The van der Waals surface area contributed by atoms with Crippen molar-refractivity contribution in [2.45, 2.75) is 12.7 Å². The van der Waals surface area contributed by atoms with Gasteiger partial charge in [-0.25, -0.2) is 4.79 Å². The molecule has 0 saturated heterocycles. The van der Waals surface area contributed by atoms with Crippen LogP contribution in [0, 0.1) is 0 Å². The van der Waals surface area contributed by atoms with E-state index in [0.717, 1.165) is 18.2 Å². The minimum absolute atomic E-state index is 0.0529. The molecule has 0 bridgehead atoms. The van der Waals surface area contributed by atoms with Crippen molar-refractivity contribution in [1.29, 1.82) is 0 Å². The number of ether oxygens (including phenoxy) is 1. The van der Waals surface area contributed by atoms with E-state index < -0.39 is 29.0 Å². The quantitative estimate of drug-likeness (QED) is 0.689. The molecule has 10 heteroatoms. The van der Waals surface area contributed by atoms with Crippen LogP contribution in [0.3, 0.4) is 0 Å². The molecule has 26 heavy (non-hydrogen) atoms. The van der Waals surface area contributed by atoms with Crippen LogP contribution < -0.4 is 15.5 Å². The standard InChI is InChI=1S/C16H12BClF3NO4/c1-26-14-7(4-8(5-10(14)18)16(19,20)21)6-22-11-3-2-9(15(24)25)13(23)12(11)17/h2-5,22-23H,6H2,1H3,(H,24,25). The molecule has 2 rings (SSSR count). The molecular weight excluding hydrogens is 373 g/mol. The fraction of sp³-hybridized carbons (Fsp3) is 0.188. The van der Waals surface area contributed by atoms with Gasteiger partial charge in [-0.3, -0.25) is 0 Å². The van der Waals surface area contributed by atoms with Crippen molar-refractivity contribution in [3.8, 4) is 11.5 Å². The molecule has 3 N–H and O–H groups in total. The molecule has 0 spiro atoms. The predicted molar refractivity (Wildman–Crippen MR) is 90.8 cm³/mol. The first kappa shape index (κ1) is 19.8. The van der Waals surface area contributed by atoms with Crippen LogP contribution >= 0.6 is 11.6 Å². The molecule has 0 aromatic heterocycles. The molecule has 136 valence electrons. The van der Waals surface area contributed by atoms with Gasteiger partial charge >= 0.3 is 12.1 Å². The molecule has 2 radical (unpaired) electrons. The summed E-state index contributed by atoms with van der Waals surface area (Å²) in [5.41, 5.74) is -1.34. The number of aromatic carboxylic acids is 1. The fourth-order valence-electron chi connectivity index (χ4n) is 2.30. The lowest BCUT2D eigenvalue weighted by Crippen LogP contribution is -2.16. The number of methoxy groups -OCH3 is 1. The van der Waals surface area contributed by atoms with Crippen LogP contribution in [-0.2, 0) is 12.7 Å². The lowest BCUT2D eigenvalue weighted by Gasteiger charge is -2.17. The summed E-state index contributed by atoms with van der Waals surface area (Å²) < 4.78 is 43.9. The number of alkyl halides is 3. The monoisotopic (exact) mass is 385 g/mol. The molecule has 0 aliphatic heterocycles. The number of rotatable bonds is 5. The molecular formula is C16H12BClF3NO4. The highest BCUT2D eigenvalue weighted by atomic mass is 35.5. The highest BCUT2D eigenvalue weighted by Crippen LogP contribution is 2.37. The number of aromatic hydroxyl groups is 1. The Labute approximate surface area is 152 Å². The molecule has 0 unspecified atom stereocenters. The highest BCUT2D eigenvalue weighted by Gasteiger charge is 2.32. The second-order valence-electron chi connectivity index (χ2n) is 5.23. The molecule has 0 atom stereocenters. The number of hydrogen-bond donors (Lipinski definition) is 3. The second-order valence-corrected chi connectivity index (χ2v) is 5.64. The number of hydrogen-bond acceptors (Lipinski definition) is 4. The largest absolute Gasteiger partial charge is 0.508 e. The molecule has 0 heterocycles. The third-order valence-corrected chi connectivity index (χ3v) is 3.85. The smallest absolute Gasteiger partial charge is 0.416 e. The summed E-state index contributed by atoms with van der Waals surface area (Å²) in [4.78, 5) is 10.9. The van der Waals surface area contributed by atoms with Gasteiger partial charge < -0.3 is 20.3 Å². The zero-order chi connectivity index (χ0) is 19.6. The van der Waals surface area contributed by atoms with Crippen LogP contribution in [0.1, 0.15) is 21.5 Å². The Morgan fingerprint density at radius 2 is 2.00 bits per heavy atom. The van der Waals surface area contributed by atoms with E-state index in [1.165, 1.54) is 13.2 Å². The summed E-state index contributed by atoms with van der Waals surface area (Å²) in [6.45, 7) is -0.164. The number of carboxylic acids is 1. The molecule has 2 aromatic carbocycles. The van der Waals surface area contributed by atoms with E-state index in [0.29, 0.717) is 0 Å². The SMILES string of the molecule is [B]c1c(NCc2cc(C(F)(F)F)cc(Cl)c2OC)ccc(C(=O)O)c1O. The maximum absolute atomic E-state index is 13.0. The zero-order valence-corrected chi connectivity index (χ0v) is 14.1. The van der Waals surface area contributed by atoms with E-state index in [1.807, 2.05) is 0 Å². The van der Waals surface area contributed by atoms with Gasteiger partial charge in [0, 0.05) is 17.8 Å².